The number of amides is 1. The van der Waals surface area contributed by atoms with Gasteiger partial charge in [0.2, 0.25) is 17.6 Å². The molecule has 126 valence electrons. The van der Waals surface area contributed by atoms with Gasteiger partial charge in [-0.1, -0.05) is 11.2 Å². The fraction of sp³-hybridized carbons (Fsp3) is 0.176. The van der Waals surface area contributed by atoms with Gasteiger partial charge in [0, 0.05) is 23.9 Å². The highest BCUT2D eigenvalue weighted by atomic mass is 32.1. The van der Waals surface area contributed by atoms with E-state index in [-0.39, 0.29) is 5.91 Å². The number of aryl methyl sites for hydroxylation is 1. The Morgan fingerprint density at radius 2 is 2.28 bits per heavy atom. The largest absolute Gasteiger partial charge is 0.339 e. The molecule has 0 atom stereocenters. The van der Waals surface area contributed by atoms with E-state index < -0.39 is 0 Å². The second-order valence-corrected chi connectivity index (χ2v) is 6.51. The van der Waals surface area contributed by atoms with Crippen molar-refractivity contribution in [2.75, 3.05) is 5.32 Å². The van der Waals surface area contributed by atoms with Crippen molar-refractivity contribution in [1.82, 2.24) is 20.3 Å². The third kappa shape index (κ3) is 3.58. The summed E-state index contributed by atoms with van der Waals surface area (Å²) >= 11 is 1.56. The van der Waals surface area contributed by atoms with Gasteiger partial charge in [0.25, 0.3) is 0 Å². The molecule has 0 fully saturated rings. The molecule has 0 aliphatic heterocycles. The highest BCUT2D eigenvalue weighted by Gasteiger charge is 2.10. The van der Waals surface area contributed by atoms with Gasteiger partial charge in [-0.15, -0.1) is 11.3 Å². The van der Waals surface area contributed by atoms with Gasteiger partial charge in [-0.25, -0.2) is 0 Å². The number of carbonyl (C=O) groups excluding carboxylic acids is 1. The summed E-state index contributed by atoms with van der Waals surface area (Å²) in [6.45, 7) is 0. The number of rotatable bonds is 6. The van der Waals surface area contributed by atoms with Gasteiger partial charge in [-0.2, -0.15) is 10.1 Å². The molecule has 7 nitrogen and oxygen atoms in total. The van der Waals surface area contributed by atoms with Crippen molar-refractivity contribution in [2.45, 2.75) is 19.3 Å². The number of hydrogen-bond donors (Lipinski definition) is 2. The zero-order valence-corrected chi connectivity index (χ0v) is 14.0. The molecule has 1 aromatic carbocycles. The monoisotopic (exact) mass is 353 g/mol. The van der Waals surface area contributed by atoms with E-state index in [2.05, 4.69) is 25.7 Å². The van der Waals surface area contributed by atoms with E-state index >= 15 is 0 Å². The van der Waals surface area contributed by atoms with Crippen LogP contribution in [0.3, 0.4) is 0 Å². The van der Waals surface area contributed by atoms with Gasteiger partial charge >= 0.3 is 0 Å². The molecular formula is C17H15N5O2S. The van der Waals surface area contributed by atoms with E-state index in [9.17, 15) is 4.79 Å². The van der Waals surface area contributed by atoms with Crippen molar-refractivity contribution in [3.05, 3.63) is 47.8 Å². The summed E-state index contributed by atoms with van der Waals surface area (Å²) in [5.41, 5.74) is 1.64. The van der Waals surface area contributed by atoms with Crippen LogP contribution in [0, 0.1) is 0 Å². The first-order valence-corrected chi connectivity index (χ1v) is 8.75. The zero-order chi connectivity index (χ0) is 17.1. The molecule has 0 aliphatic carbocycles. The molecule has 0 spiro atoms. The van der Waals surface area contributed by atoms with Crippen LogP contribution in [-0.2, 0) is 11.2 Å². The van der Waals surface area contributed by atoms with Crippen molar-refractivity contribution < 1.29 is 9.32 Å². The minimum Gasteiger partial charge on any atom is -0.339 e. The number of benzene rings is 1. The molecule has 0 aliphatic rings. The molecule has 0 saturated heterocycles. The van der Waals surface area contributed by atoms with E-state index in [0.29, 0.717) is 31.0 Å². The molecule has 1 amide bonds. The SMILES string of the molecule is O=C(CCCc1nc(-c2cccs2)no1)Nc1ccc2cn[nH]c2c1. The van der Waals surface area contributed by atoms with Crippen LogP contribution in [0.5, 0.6) is 0 Å². The lowest BCUT2D eigenvalue weighted by Crippen LogP contribution is -2.11. The average Bonchev–Trinajstić information content (AvgIpc) is 3.35. The average molecular weight is 353 g/mol. The molecule has 0 bridgehead atoms. The number of nitrogens with one attached hydrogen (secondary N) is 2. The van der Waals surface area contributed by atoms with Crippen LogP contribution >= 0.6 is 11.3 Å². The minimum atomic E-state index is -0.0446. The number of fused-ring (bicyclic) bond motifs is 1. The van der Waals surface area contributed by atoms with Gasteiger partial charge in [0.15, 0.2) is 0 Å². The lowest BCUT2D eigenvalue weighted by atomic mass is 10.2. The van der Waals surface area contributed by atoms with Crippen LogP contribution in [0.1, 0.15) is 18.7 Å². The van der Waals surface area contributed by atoms with Gasteiger partial charge in [-0.3, -0.25) is 9.89 Å². The topological polar surface area (TPSA) is 96.7 Å². The van der Waals surface area contributed by atoms with Gasteiger partial charge in [-0.05, 0) is 36.1 Å². The third-order valence-electron chi connectivity index (χ3n) is 3.73. The molecular weight excluding hydrogens is 338 g/mol. The van der Waals surface area contributed by atoms with E-state index in [0.717, 1.165) is 21.5 Å². The number of H-pyrrole nitrogens is 1. The van der Waals surface area contributed by atoms with Gasteiger partial charge in [0.05, 0.1) is 16.6 Å². The Kier molecular flexibility index (Phi) is 4.26. The summed E-state index contributed by atoms with van der Waals surface area (Å²) in [7, 11) is 0. The number of aromatic nitrogens is 4. The summed E-state index contributed by atoms with van der Waals surface area (Å²) in [4.78, 5) is 17.4. The molecule has 0 radical (unpaired) electrons. The van der Waals surface area contributed by atoms with Crippen LogP contribution in [0.2, 0.25) is 0 Å². The molecule has 2 N–H and O–H groups in total. The molecule has 4 rings (SSSR count). The minimum absolute atomic E-state index is 0.0446. The van der Waals surface area contributed by atoms with Crippen molar-refractivity contribution >= 4 is 33.8 Å². The van der Waals surface area contributed by atoms with Crippen molar-refractivity contribution in [3.63, 3.8) is 0 Å². The maximum Gasteiger partial charge on any atom is 0.226 e. The predicted molar refractivity (Wildman–Crippen MR) is 95.3 cm³/mol. The predicted octanol–water partition coefficient (Wildman–Crippen LogP) is 3.64. The third-order valence-corrected chi connectivity index (χ3v) is 4.60. The fourth-order valence-corrected chi connectivity index (χ4v) is 3.15. The highest BCUT2D eigenvalue weighted by Crippen LogP contribution is 2.21. The summed E-state index contributed by atoms with van der Waals surface area (Å²) in [5, 5.41) is 16.7. The van der Waals surface area contributed by atoms with Crippen LogP contribution in [0.15, 0.2) is 46.4 Å². The first-order valence-electron chi connectivity index (χ1n) is 7.87. The Hall–Kier alpha value is -3.00. The lowest BCUT2D eigenvalue weighted by molar-refractivity contribution is -0.116. The van der Waals surface area contributed by atoms with Gasteiger partial charge in [0.1, 0.15) is 0 Å². The quantitative estimate of drug-likeness (QED) is 0.552. The normalized spacial score (nSPS) is 11.0. The van der Waals surface area contributed by atoms with Crippen LogP contribution in [0.25, 0.3) is 21.6 Å². The Balaban J connectivity index is 1.28. The highest BCUT2D eigenvalue weighted by molar-refractivity contribution is 7.13. The number of thiophene rings is 1. The maximum absolute atomic E-state index is 12.1. The van der Waals surface area contributed by atoms with Crippen molar-refractivity contribution in [2.24, 2.45) is 0 Å². The maximum atomic E-state index is 12.1. The van der Waals surface area contributed by atoms with E-state index in [1.165, 1.54) is 0 Å². The van der Waals surface area contributed by atoms with Crippen LogP contribution in [-0.4, -0.2) is 26.2 Å². The van der Waals surface area contributed by atoms with Crippen molar-refractivity contribution in [1.29, 1.82) is 0 Å². The number of carbonyl (C=O) groups is 1. The standard InChI is InChI=1S/C17H15N5O2S/c23-15(19-12-7-6-11-10-18-21-13(11)9-12)4-1-5-16-20-17(22-24-16)14-3-2-8-25-14/h2-3,6-10H,1,4-5H2,(H,18,21)(H,19,23). The Morgan fingerprint density at radius 1 is 1.32 bits per heavy atom. The first kappa shape index (κ1) is 15.5. The Bertz CT molecular complexity index is 989. The van der Waals surface area contributed by atoms with E-state index in [1.807, 2.05) is 35.7 Å². The molecule has 0 unspecified atom stereocenters. The lowest BCUT2D eigenvalue weighted by Gasteiger charge is -2.04. The Labute approximate surface area is 147 Å². The molecule has 4 aromatic rings. The van der Waals surface area contributed by atoms with Crippen molar-refractivity contribution in [3.8, 4) is 10.7 Å². The summed E-state index contributed by atoms with van der Waals surface area (Å²) < 4.78 is 5.23. The molecule has 25 heavy (non-hydrogen) atoms. The molecule has 3 aromatic heterocycles. The van der Waals surface area contributed by atoms with E-state index in [4.69, 9.17) is 4.52 Å². The number of aromatic amines is 1. The fourth-order valence-electron chi connectivity index (χ4n) is 2.50. The summed E-state index contributed by atoms with van der Waals surface area (Å²) in [5.74, 6) is 1.11. The number of hydrogen-bond acceptors (Lipinski definition) is 6. The smallest absolute Gasteiger partial charge is 0.226 e. The summed E-state index contributed by atoms with van der Waals surface area (Å²) in [6.07, 6.45) is 3.35. The molecule has 8 heteroatoms. The van der Waals surface area contributed by atoms with Gasteiger partial charge < -0.3 is 9.84 Å². The second kappa shape index (κ2) is 6.86. The molecule has 3 heterocycles. The number of nitrogens with zero attached hydrogens (tertiary/aromatic N) is 3. The Morgan fingerprint density at radius 3 is 3.16 bits per heavy atom. The zero-order valence-electron chi connectivity index (χ0n) is 13.2. The van der Waals surface area contributed by atoms with E-state index in [1.54, 1.807) is 17.5 Å². The first-order chi connectivity index (χ1) is 12.3. The van der Waals surface area contributed by atoms with Crippen LogP contribution in [0.4, 0.5) is 5.69 Å². The summed E-state index contributed by atoms with van der Waals surface area (Å²) in [6, 6.07) is 9.54. The second-order valence-electron chi connectivity index (χ2n) is 5.56. The molecule has 0 saturated carbocycles. The van der Waals surface area contributed by atoms with Crippen LogP contribution < -0.4 is 5.32 Å². The number of anilines is 1.